The summed E-state index contributed by atoms with van der Waals surface area (Å²) in [5.41, 5.74) is 14.7. The van der Waals surface area contributed by atoms with Gasteiger partial charge in [0, 0.05) is 111 Å². The fourth-order valence-electron chi connectivity index (χ4n) is 9.13. The molecule has 0 bridgehead atoms. The standard InChI is InChI=1S/C50H74N5.C15H25N/c1-9-15-33-52(34-16-10-2)44-25-27-46(28-26-44)55(50-32-30-48(40-42(50)8)54(37-19-13-5)38-20-14-6)45-23-21-43(22-24-45)51-49-31-29-47(39-41(49)7)53(35-17-11-3)36-18-12-4;1-4-6-12-16(13-7-5-2)15-10-8-14(3)9-11-15/h21-32,39-40H,9-20,33-38H2,1-8H3;8-11H,4-7,12-13H2,1-3H3/q+1;. The van der Waals surface area contributed by atoms with Gasteiger partial charge in [0.15, 0.2) is 0 Å². The minimum atomic E-state index is 0.973. The molecule has 71 heavy (non-hydrogen) atoms. The van der Waals surface area contributed by atoms with Crippen molar-refractivity contribution in [2.24, 2.45) is 4.99 Å². The molecule has 0 amide bonds. The summed E-state index contributed by atoms with van der Waals surface area (Å²) in [5.74, 6) is 0. The van der Waals surface area contributed by atoms with Crippen LogP contribution in [0, 0.1) is 20.8 Å². The summed E-state index contributed by atoms with van der Waals surface area (Å²) in [6, 6.07) is 32.1. The van der Waals surface area contributed by atoms with Crippen molar-refractivity contribution < 1.29 is 0 Å². The molecule has 6 heteroatoms. The second-order valence-electron chi connectivity index (χ2n) is 20.0. The molecule has 4 aromatic carbocycles. The van der Waals surface area contributed by atoms with E-state index in [1.54, 1.807) is 0 Å². The van der Waals surface area contributed by atoms with Crippen molar-refractivity contribution in [2.75, 3.05) is 72.0 Å². The number of rotatable bonds is 31. The first kappa shape index (κ1) is 58.5. The quantitative estimate of drug-likeness (QED) is 0.0371. The second-order valence-corrected chi connectivity index (χ2v) is 20.0. The van der Waals surface area contributed by atoms with Crippen LogP contribution in [0.4, 0.5) is 39.8 Å². The zero-order valence-electron chi connectivity index (χ0n) is 47.0. The van der Waals surface area contributed by atoms with E-state index in [9.17, 15) is 0 Å². The number of hydrogen-bond acceptors (Lipinski definition) is 5. The summed E-state index contributed by atoms with van der Waals surface area (Å²) < 4.78 is 2.43. The smallest absolute Gasteiger partial charge is 0.214 e. The molecule has 0 fully saturated rings. The predicted molar refractivity (Wildman–Crippen MR) is 320 cm³/mol. The minimum Gasteiger partial charge on any atom is -0.372 e. The molecule has 6 nitrogen and oxygen atoms in total. The maximum Gasteiger partial charge on any atom is 0.214 e. The van der Waals surface area contributed by atoms with Crippen LogP contribution >= 0.6 is 0 Å². The minimum absolute atomic E-state index is 0.973. The van der Waals surface area contributed by atoms with Crippen LogP contribution in [0.2, 0.25) is 0 Å². The van der Waals surface area contributed by atoms with Gasteiger partial charge in [-0.1, -0.05) is 124 Å². The molecule has 0 spiro atoms. The van der Waals surface area contributed by atoms with Gasteiger partial charge in [0.2, 0.25) is 17.1 Å². The molecule has 0 aliphatic heterocycles. The first-order valence-electron chi connectivity index (χ1n) is 28.6. The molecule has 5 rings (SSSR count). The van der Waals surface area contributed by atoms with Crippen LogP contribution in [0.15, 0.2) is 114 Å². The van der Waals surface area contributed by atoms with Crippen molar-refractivity contribution in [3.05, 3.63) is 126 Å². The number of aryl methyl sites for hydroxylation is 3. The van der Waals surface area contributed by atoms with Gasteiger partial charge in [-0.05, 0) is 144 Å². The summed E-state index contributed by atoms with van der Waals surface area (Å²) in [6.45, 7) is 33.9. The Balaban J connectivity index is 0.000000580. The molecule has 4 aromatic rings. The van der Waals surface area contributed by atoms with E-state index >= 15 is 0 Å². The third-order valence-electron chi connectivity index (χ3n) is 13.8. The van der Waals surface area contributed by atoms with Gasteiger partial charge in [0.25, 0.3) is 0 Å². The summed E-state index contributed by atoms with van der Waals surface area (Å²) in [6.07, 6.45) is 28.5. The first-order valence-corrected chi connectivity index (χ1v) is 28.6. The Morgan fingerprint density at radius 1 is 0.366 bits per heavy atom. The van der Waals surface area contributed by atoms with E-state index in [2.05, 4.69) is 210 Å². The third kappa shape index (κ3) is 19.4. The van der Waals surface area contributed by atoms with Crippen LogP contribution < -0.4 is 24.2 Å². The summed E-state index contributed by atoms with van der Waals surface area (Å²) in [4.78, 5) is 15.4. The van der Waals surface area contributed by atoms with Crippen LogP contribution in [0.3, 0.4) is 0 Å². The van der Waals surface area contributed by atoms with Gasteiger partial charge in [0.1, 0.15) is 0 Å². The Morgan fingerprint density at radius 2 is 0.704 bits per heavy atom. The molecule has 0 heterocycles. The van der Waals surface area contributed by atoms with Crippen LogP contribution in [0.5, 0.6) is 0 Å². The molecular formula is C65H99N6+. The van der Waals surface area contributed by atoms with Gasteiger partial charge in [-0.15, -0.1) is 0 Å². The maximum atomic E-state index is 5.14. The van der Waals surface area contributed by atoms with E-state index in [0.29, 0.717) is 0 Å². The predicted octanol–water partition coefficient (Wildman–Crippen LogP) is 18.1. The summed E-state index contributed by atoms with van der Waals surface area (Å²) >= 11 is 0. The number of unbranched alkanes of at least 4 members (excludes halogenated alkanes) is 8. The van der Waals surface area contributed by atoms with Gasteiger partial charge >= 0.3 is 0 Å². The Hall–Kier alpha value is -5.10. The van der Waals surface area contributed by atoms with Crippen LogP contribution in [-0.4, -0.2) is 63.8 Å². The highest BCUT2D eigenvalue weighted by Gasteiger charge is 2.23. The van der Waals surface area contributed by atoms with E-state index in [-0.39, 0.29) is 0 Å². The number of benzene rings is 4. The molecule has 0 saturated heterocycles. The van der Waals surface area contributed by atoms with Gasteiger partial charge < -0.3 is 19.6 Å². The average Bonchev–Trinajstić information content (AvgIpc) is 3.39. The fourth-order valence-corrected chi connectivity index (χ4v) is 9.13. The Kier molecular flexibility index (Phi) is 27.6. The Morgan fingerprint density at radius 3 is 1.07 bits per heavy atom. The monoisotopic (exact) mass is 964 g/mol. The molecule has 0 unspecified atom stereocenters. The lowest BCUT2D eigenvalue weighted by Crippen LogP contribution is -2.26. The SMILES string of the molecule is CCCCN(CCCC)c1ccc(C)cc1.CCCCN(CCCC)c1ccc([N+](=C2C=CC(=Nc3ccc(N(CCCC)CCCC)cc3C)C=C2)c2ccc(N(CCCC)CCCC)cc2C)cc1. The topological polar surface area (TPSA) is 28.3 Å². The maximum absolute atomic E-state index is 5.14. The van der Waals surface area contributed by atoms with Gasteiger partial charge in [-0.2, -0.15) is 4.58 Å². The van der Waals surface area contributed by atoms with Crippen molar-refractivity contribution in [1.82, 2.24) is 4.58 Å². The molecule has 0 N–H and O–H groups in total. The second kappa shape index (κ2) is 33.5. The number of nitrogens with zero attached hydrogens (tertiary/aromatic N) is 6. The lowest BCUT2D eigenvalue weighted by molar-refractivity contribution is 0.678. The van der Waals surface area contributed by atoms with E-state index in [4.69, 9.17) is 4.99 Å². The van der Waals surface area contributed by atoms with Crippen molar-refractivity contribution in [2.45, 2.75) is 179 Å². The number of hydrogen-bond donors (Lipinski definition) is 0. The Bertz CT molecular complexity index is 2160. The third-order valence-corrected chi connectivity index (χ3v) is 13.8. The molecule has 0 aromatic heterocycles. The summed E-state index contributed by atoms with van der Waals surface area (Å²) in [7, 11) is 0. The van der Waals surface area contributed by atoms with Crippen molar-refractivity contribution in [3.8, 4) is 0 Å². The Labute approximate surface area is 435 Å². The van der Waals surface area contributed by atoms with Gasteiger partial charge in [0.05, 0.1) is 11.4 Å². The molecule has 1 aliphatic carbocycles. The number of aliphatic imine (C=N–C) groups is 1. The van der Waals surface area contributed by atoms with Gasteiger partial charge in [-0.25, -0.2) is 4.99 Å². The first-order chi connectivity index (χ1) is 34.6. The highest BCUT2D eigenvalue weighted by atomic mass is 15.1. The van der Waals surface area contributed by atoms with Gasteiger partial charge in [-0.3, -0.25) is 0 Å². The number of allylic oxidation sites excluding steroid dienone is 4. The fraction of sp³-hybridized carbons (Fsp3) is 0.538. The molecule has 0 radical (unpaired) electrons. The average molecular weight is 965 g/mol. The van der Waals surface area contributed by atoms with Crippen molar-refractivity contribution in [1.29, 1.82) is 0 Å². The lowest BCUT2D eigenvalue weighted by Gasteiger charge is -2.25. The highest BCUT2D eigenvalue weighted by Crippen LogP contribution is 2.32. The van der Waals surface area contributed by atoms with Crippen molar-refractivity contribution >= 4 is 51.2 Å². The molecule has 388 valence electrons. The zero-order valence-corrected chi connectivity index (χ0v) is 47.0. The van der Waals surface area contributed by atoms with Crippen LogP contribution in [-0.2, 0) is 0 Å². The van der Waals surface area contributed by atoms with E-state index in [0.717, 1.165) is 56.4 Å². The van der Waals surface area contributed by atoms with E-state index < -0.39 is 0 Å². The molecule has 1 aliphatic rings. The van der Waals surface area contributed by atoms with E-state index in [1.165, 1.54) is 167 Å². The lowest BCUT2D eigenvalue weighted by atomic mass is 10.1. The van der Waals surface area contributed by atoms with E-state index in [1.807, 2.05) is 0 Å². The largest absolute Gasteiger partial charge is 0.372 e. The van der Waals surface area contributed by atoms with Crippen LogP contribution in [0.25, 0.3) is 0 Å². The van der Waals surface area contributed by atoms with Crippen LogP contribution in [0.1, 0.15) is 175 Å². The molecule has 0 saturated carbocycles. The highest BCUT2D eigenvalue weighted by molar-refractivity contribution is 6.20. The zero-order chi connectivity index (χ0) is 51.2. The summed E-state index contributed by atoms with van der Waals surface area (Å²) in [5, 5.41) is 0. The number of anilines is 4. The van der Waals surface area contributed by atoms with Crippen molar-refractivity contribution in [3.63, 3.8) is 0 Å². The molecule has 0 atom stereocenters. The molecular weight excluding hydrogens is 865 g/mol. The normalized spacial score (nSPS) is 11.9.